The highest BCUT2D eigenvalue weighted by molar-refractivity contribution is 5.09. The molecule has 1 aliphatic heterocycles. The van der Waals surface area contributed by atoms with Gasteiger partial charge in [0.05, 0.1) is 6.04 Å². The van der Waals surface area contributed by atoms with Crippen molar-refractivity contribution in [2.45, 2.75) is 51.6 Å². The first-order valence-electron chi connectivity index (χ1n) is 7.19. The number of nitrogens with one attached hydrogen (secondary N) is 1. The van der Waals surface area contributed by atoms with E-state index in [0.29, 0.717) is 12.1 Å². The van der Waals surface area contributed by atoms with Gasteiger partial charge in [0.1, 0.15) is 11.5 Å². The van der Waals surface area contributed by atoms with E-state index in [1.165, 1.54) is 32.2 Å². The molecule has 1 fully saturated rings. The van der Waals surface area contributed by atoms with Crippen LogP contribution in [0.3, 0.4) is 0 Å². The van der Waals surface area contributed by atoms with Crippen molar-refractivity contribution in [2.75, 3.05) is 20.1 Å². The Morgan fingerprint density at radius 2 is 2.28 bits per heavy atom. The van der Waals surface area contributed by atoms with Crippen LogP contribution >= 0.6 is 0 Å². The maximum absolute atomic E-state index is 5.79. The van der Waals surface area contributed by atoms with E-state index in [1.54, 1.807) is 0 Å². The number of hydrogen-bond donors (Lipinski definition) is 1. The molecule has 0 saturated carbocycles. The molecule has 2 heterocycles. The van der Waals surface area contributed by atoms with Gasteiger partial charge in [0.2, 0.25) is 0 Å². The van der Waals surface area contributed by atoms with E-state index >= 15 is 0 Å². The summed E-state index contributed by atoms with van der Waals surface area (Å²) in [6.45, 7) is 6.60. The number of piperidine rings is 1. The highest BCUT2D eigenvalue weighted by atomic mass is 16.3. The summed E-state index contributed by atoms with van der Waals surface area (Å²) in [5.41, 5.74) is 0. The summed E-state index contributed by atoms with van der Waals surface area (Å²) >= 11 is 0. The summed E-state index contributed by atoms with van der Waals surface area (Å²) in [5, 5.41) is 3.27. The largest absolute Gasteiger partial charge is 0.465 e. The molecule has 1 aromatic heterocycles. The summed E-state index contributed by atoms with van der Waals surface area (Å²) in [7, 11) is 2.03. The van der Waals surface area contributed by atoms with Crippen molar-refractivity contribution in [1.82, 2.24) is 10.2 Å². The van der Waals surface area contributed by atoms with E-state index in [1.807, 2.05) is 14.0 Å². The topological polar surface area (TPSA) is 28.4 Å². The Morgan fingerprint density at radius 1 is 1.44 bits per heavy atom. The summed E-state index contributed by atoms with van der Waals surface area (Å²) < 4.78 is 5.79. The summed E-state index contributed by atoms with van der Waals surface area (Å²) in [6.07, 6.45) is 5.25. The molecule has 3 heteroatoms. The third-order valence-electron chi connectivity index (χ3n) is 4.07. The van der Waals surface area contributed by atoms with Crippen LogP contribution in [0.5, 0.6) is 0 Å². The van der Waals surface area contributed by atoms with E-state index in [-0.39, 0.29) is 0 Å². The van der Waals surface area contributed by atoms with Gasteiger partial charge in [-0.05, 0) is 65.4 Å². The molecule has 0 aromatic carbocycles. The molecule has 1 N–H and O–H groups in total. The van der Waals surface area contributed by atoms with Crippen molar-refractivity contribution in [1.29, 1.82) is 0 Å². The quantitative estimate of drug-likeness (QED) is 0.870. The lowest BCUT2D eigenvalue weighted by atomic mass is 9.97. The van der Waals surface area contributed by atoms with Gasteiger partial charge in [-0.3, -0.25) is 4.90 Å². The summed E-state index contributed by atoms with van der Waals surface area (Å²) in [4.78, 5) is 2.62. The average molecular weight is 250 g/mol. The lowest BCUT2D eigenvalue weighted by Gasteiger charge is -2.39. The summed E-state index contributed by atoms with van der Waals surface area (Å²) in [5.74, 6) is 2.13. The van der Waals surface area contributed by atoms with Gasteiger partial charge in [0.15, 0.2) is 0 Å². The molecule has 0 spiro atoms. The molecular formula is C15H26N2O. The fourth-order valence-corrected chi connectivity index (χ4v) is 3.00. The monoisotopic (exact) mass is 250 g/mol. The van der Waals surface area contributed by atoms with Crippen LogP contribution in [0.15, 0.2) is 16.5 Å². The Hall–Kier alpha value is -0.800. The minimum atomic E-state index is 0.404. The number of aryl methyl sites for hydroxylation is 1. The lowest BCUT2D eigenvalue weighted by molar-refractivity contribution is 0.0855. The van der Waals surface area contributed by atoms with Gasteiger partial charge in [-0.2, -0.15) is 0 Å². The number of nitrogens with zero attached hydrogens (tertiary/aromatic N) is 1. The third-order valence-corrected chi connectivity index (χ3v) is 4.07. The zero-order chi connectivity index (χ0) is 13.0. The molecule has 18 heavy (non-hydrogen) atoms. The van der Waals surface area contributed by atoms with Gasteiger partial charge in [-0.25, -0.2) is 0 Å². The zero-order valence-electron chi connectivity index (χ0n) is 11.9. The predicted molar refractivity (Wildman–Crippen MR) is 74.7 cm³/mol. The van der Waals surface area contributed by atoms with Crippen molar-refractivity contribution in [2.24, 2.45) is 0 Å². The van der Waals surface area contributed by atoms with Crippen LogP contribution in [0, 0.1) is 6.92 Å². The molecule has 1 aliphatic rings. The second kappa shape index (κ2) is 6.39. The molecule has 0 bridgehead atoms. The van der Waals surface area contributed by atoms with Crippen molar-refractivity contribution in [3.63, 3.8) is 0 Å². The van der Waals surface area contributed by atoms with Crippen LogP contribution in [-0.4, -0.2) is 31.1 Å². The van der Waals surface area contributed by atoms with E-state index in [2.05, 4.69) is 29.3 Å². The highest BCUT2D eigenvalue weighted by Gasteiger charge is 2.28. The third kappa shape index (κ3) is 3.15. The first kappa shape index (κ1) is 13.6. The van der Waals surface area contributed by atoms with E-state index in [0.717, 1.165) is 18.1 Å². The fourth-order valence-electron chi connectivity index (χ4n) is 3.00. The van der Waals surface area contributed by atoms with Crippen LogP contribution in [0.4, 0.5) is 0 Å². The highest BCUT2D eigenvalue weighted by Crippen LogP contribution is 2.30. The zero-order valence-corrected chi connectivity index (χ0v) is 11.9. The maximum atomic E-state index is 5.79. The second-order valence-corrected chi connectivity index (χ2v) is 5.40. The molecule has 2 rings (SSSR count). The summed E-state index contributed by atoms with van der Waals surface area (Å²) in [6, 6.07) is 5.30. The Kier molecular flexibility index (Phi) is 4.84. The van der Waals surface area contributed by atoms with Crippen molar-refractivity contribution in [3.05, 3.63) is 23.7 Å². The van der Waals surface area contributed by atoms with E-state index in [4.69, 9.17) is 4.42 Å². The molecule has 102 valence electrons. The Labute approximate surface area is 111 Å². The number of furan rings is 1. The molecule has 0 radical (unpaired) electrons. The second-order valence-electron chi connectivity index (χ2n) is 5.40. The van der Waals surface area contributed by atoms with Gasteiger partial charge in [-0.15, -0.1) is 0 Å². The minimum Gasteiger partial charge on any atom is -0.465 e. The molecular weight excluding hydrogens is 224 g/mol. The molecule has 2 atom stereocenters. The van der Waals surface area contributed by atoms with Crippen molar-refractivity contribution in [3.8, 4) is 0 Å². The van der Waals surface area contributed by atoms with Crippen molar-refractivity contribution < 1.29 is 4.42 Å². The number of likely N-dealkylation sites (tertiary alicyclic amines) is 1. The molecule has 2 unspecified atom stereocenters. The molecule has 1 saturated heterocycles. The Bertz CT molecular complexity index is 361. The van der Waals surface area contributed by atoms with Gasteiger partial charge in [0.25, 0.3) is 0 Å². The van der Waals surface area contributed by atoms with Crippen molar-refractivity contribution >= 4 is 0 Å². The first-order chi connectivity index (χ1) is 8.72. The van der Waals surface area contributed by atoms with Gasteiger partial charge < -0.3 is 9.73 Å². The van der Waals surface area contributed by atoms with Gasteiger partial charge in [0, 0.05) is 6.04 Å². The van der Waals surface area contributed by atoms with E-state index < -0.39 is 0 Å². The van der Waals surface area contributed by atoms with Gasteiger partial charge in [-0.1, -0.05) is 6.42 Å². The number of rotatable bonds is 5. The first-order valence-corrected chi connectivity index (χ1v) is 7.19. The van der Waals surface area contributed by atoms with Crippen LogP contribution in [0.2, 0.25) is 0 Å². The molecule has 3 nitrogen and oxygen atoms in total. The van der Waals surface area contributed by atoms with Gasteiger partial charge >= 0.3 is 0 Å². The molecule has 1 aromatic rings. The Balaban J connectivity index is 2.03. The maximum Gasteiger partial charge on any atom is 0.121 e. The standard InChI is InChI=1S/C15H26N2O/c1-12-7-8-15(18-12)13(2)17-11-5-4-6-14(17)9-10-16-3/h7-8,13-14,16H,4-6,9-11H2,1-3H3. The van der Waals surface area contributed by atoms with E-state index in [9.17, 15) is 0 Å². The van der Waals surface area contributed by atoms with Crippen LogP contribution in [-0.2, 0) is 0 Å². The molecule has 0 amide bonds. The number of hydrogen-bond acceptors (Lipinski definition) is 3. The SMILES string of the molecule is CNCCC1CCCCN1C(C)c1ccc(C)o1. The van der Waals surface area contributed by atoms with Crippen LogP contribution in [0.25, 0.3) is 0 Å². The van der Waals surface area contributed by atoms with Crippen LogP contribution < -0.4 is 5.32 Å². The average Bonchev–Trinajstić information content (AvgIpc) is 2.82. The molecule has 0 aliphatic carbocycles. The normalized spacial score (nSPS) is 23.2. The minimum absolute atomic E-state index is 0.404. The fraction of sp³-hybridized carbons (Fsp3) is 0.733. The lowest BCUT2D eigenvalue weighted by Crippen LogP contribution is -2.42. The smallest absolute Gasteiger partial charge is 0.121 e. The van der Waals surface area contributed by atoms with Crippen LogP contribution in [0.1, 0.15) is 50.2 Å². The predicted octanol–water partition coefficient (Wildman–Crippen LogP) is 3.11. The Morgan fingerprint density at radius 3 is 2.94 bits per heavy atom.